The van der Waals surface area contributed by atoms with Crippen molar-refractivity contribution in [1.82, 2.24) is 15.0 Å². The lowest BCUT2D eigenvalue weighted by Gasteiger charge is -2.45. The van der Waals surface area contributed by atoms with Gasteiger partial charge in [0, 0.05) is 32.8 Å². The molecule has 6 aromatic carbocycles. The van der Waals surface area contributed by atoms with Gasteiger partial charge in [0.2, 0.25) is 0 Å². The van der Waals surface area contributed by atoms with E-state index in [1.54, 1.807) is 6.20 Å². The van der Waals surface area contributed by atoms with E-state index in [1.165, 1.54) is 64.9 Å². The van der Waals surface area contributed by atoms with E-state index >= 15 is 0 Å². The second-order valence-corrected chi connectivity index (χ2v) is 16.3. The maximum absolute atomic E-state index is 5.16. The van der Waals surface area contributed by atoms with Gasteiger partial charge in [0.05, 0.1) is 28.2 Å². The van der Waals surface area contributed by atoms with Crippen LogP contribution in [0.5, 0.6) is 0 Å². The molecule has 1 aliphatic carbocycles. The first-order valence-electron chi connectivity index (χ1n) is 18.7. The van der Waals surface area contributed by atoms with Crippen molar-refractivity contribution in [2.24, 2.45) is 0 Å². The van der Waals surface area contributed by atoms with Gasteiger partial charge in [-0.1, -0.05) is 97.1 Å². The third-order valence-corrected chi connectivity index (χ3v) is 13.4. The lowest BCUT2D eigenvalue weighted by molar-refractivity contribution is 0.759. The van der Waals surface area contributed by atoms with E-state index < -0.39 is 5.41 Å². The first kappa shape index (κ1) is 31.6. The molecule has 0 radical (unpaired) electrons. The molecule has 6 heteroatoms. The van der Waals surface area contributed by atoms with Gasteiger partial charge in [-0.25, -0.2) is 9.97 Å². The molecule has 5 heterocycles. The van der Waals surface area contributed by atoms with Gasteiger partial charge >= 0.3 is 0 Å². The summed E-state index contributed by atoms with van der Waals surface area (Å²) in [5.41, 5.74) is 12.8. The predicted octanol–water partition coefficient (Wildman–Crippen LogP) is 13.4. The fraction of sp³-hybridized carbons (Fsp3) is 0.0200. The van der Waals surface area contributed by atoms with Crippen LogP contribution in [0.1, 0.15) is 22.3 Å². The third kappa shape index (κ3) is 4.54. The Morgan fingerprint density at radius 1 is 0.429 bits per heavy atom. The Labute approximate surface area is 331 Å². The standard InChI is InChI=1S/C50H30N4S2/c1-2-11-31(12-3-1)43-30-44(53-49(52-43)42-19-8-9-22-51-42)36-17-10-18-37(25-36)54-45-28-34-15-6-4-13-32(34)26-40(45)50(38-20-23-55-47(38)48-39(50)21-24-56-48)41-27-33-14-5-7-16-35(33)29-46(41)54/h1-30H. The highest BCUT2D eigenvalue weighted by Gasteiger charge is 2.53. The summed E-state index contributed by atoms with van der Waals surface area (Å²) in [5.74, 6) is 0.597. The van der Waals surface area contributed by atoms with Gasteiger partial charge in [-0.15, -0.1) is 22.7 Å². The zero-order valence-electron chi connectivity index (χ0n) is 29.9. The van der Waals surface area contributed by atoms with Gasteiger partial charge in [0.15, 0.2) is 5.82 Å². The van der Waals surface area contributed by atoms with E-state index in [0.29, 0.717) is 5.82 Å². The molecule has 2 aliphatic rings. The first-order valence-corrected chi connectivity index (χ1v) is 20.5. The van der Waals surface area contributed by atoms with Gasteiger partial charge < -0.3 is 4.90 Å². The van der Waals surface area contributed by atoms with Crippen molar-refractivity contribution in [1.29, 1.82) is 0 Å². The molecule has 1 spiro atoms. The number of fused-ring (bicyclic) bond motifs is 11. The molecule has 1 aliphatic heterocycles. The summed E-state index contributed by atoms with van der Waals surface area (Å²) in [7, 11) is 0. The minimum atomic E-state index is -0.466. The molecule has 0 unspecified atom stereocenters. The van der Waals surface area contributed by atoms with Crippen LogP contribution in [0.15, 0.2) is 181 Å². The van der Waals surface area contributed by atoms with Crippen LogP contribution < -0.4 is 4.90 Å². The Morgan fingerprint density at radius 3 is 1.59 bits per heavy atom. The molecule has 0 amide bonds. The molecule has 0 saturated heterocycles. The molecular weight excluding hydrogens is 721 g/mol. The van der Waals surface area contributed by atoms with Crippen LogP contribution in [0, 0.1) is 0 Å². The second kappa shape index (κ2) is 12.1. The normalized spacial score (nSPS) is 13.5. The van der Waals surface area contributed by atoms with Gasteiger partial charge in [0.1, 0.15) is 5.69 Å². The monoisotopic (exact) mass is 750 g/mol. The largest absolute Gasteiger partial charge is 0.310 e. The van der Waals surface area contributed by atoms with Crippen molar-refractivity contribution in [3.8, 4) is 43.8 Å². The highest BCUT2D eigenvalue weighted by molar-refractivity contribution is 7.21. The molecule has 4 aromatic heterocycles. The highest BCUT2D eigenvalue weighted by Crippen LogP contribution is 2.66. The van der Waals surface area contributed by atoms with Crippen molar-refractivity contribution in [3.05, 3.63) is 203 Å². The molecule has 4 nitrogen and oxygen atoms in total. The number of aromatic nitrogens is 3. The minimum absolute atomic E-state index is 0.466. The number of thiophene rings is 2. The number of pyridine rings is 1. The number of hydrogen-bond donors (Lipinski definition) is 0. The van der Waals surface area contributed by atoms with E-state index in [4.69, 9.17) is 9.97 Å². The maximum Gasteiger partial charge on any atom is 0.179 e. The van der Waals surface area contributed by atoms with Gasteiger partial charge in [-0.05, 0) is 121 Å². The van der Waals surface area contributed by atoms with E-state index in [9.17, 15) is 0 Å². The van der Waals surface area contributed by atoms with Gasteiger partial charge in [-0.2, -0.15) is 0 Å². The van der Waals surface area contributed by atoms with Gasteiger partial charge in [-0.3, -0.25) is 4.98 Å². The van der Waals surface area contributed by atoms with Crippen molar-refractivity contribution in [2.45, 2.75) is 5.41 Å². The fourth-order valence-corrected chi connectivity index (χ4v) is 11.1. The van der Waals surface area contributed by atoms with Crippen molar-refractivity contribution < 1.29 is 0 Å². The maximum atomic E-state index is 5.16. The molecular formula is C50H30N4S2. The van der Waals surface area contributed by atoms with Crippen LogP contribution in [-0.4, -0.2) is 15.0 Å². The van der Waals surface area contributed by atoms with Gasteiger partial charge in [0.25, 0.3) is 0 Å². The number of nitrogens with zero attached hydrogens (tertiary/aromatic N) is 4. The van der Waals surface area contributed by atoms with Crippen molar-refractivity contribution >= 4 is 61.3 Å². The van der Waals surface area contributed by atoms with Crippen molar-refractivity contribution in [2.75, 3.05) is 4.90 Å². The molecule has 0 N–H and O–H groups in total. The Morgan fingerprint density at radius 2 is 0.982 bits per heavy atom. The third-order valence-electron chi connectivity index (χ3n) is 11.5. The molecule has 0 fully saturated rings. The molecule has 10 aromatic rings. The Bertz CT molecular complexity index is 2980. The van der Waals surface area contributed by atoms with Crippen LogP contribution in [0.3, 0.4) is 0 Å². The summed E-state index contributed by atoms with van der Waals surface area (Å²) in [6.45, 7) is 0. The van der Waals surface area contributed by atoms with Crippen LogP contribution in [-0.2, 0) is 5.41 Å². The average molecular weight is 751 g/mol. The lowest BCUT2D eigenvalue weighted by Crippen LogP contribution is -2.36. The number of hydrogen-bond acceptors (Lipinski definition) is 6. The molecule has 0 bridgehead atoms. The van der Waals surface area contributed by atoms with Crippen LogP contribution in [0.2, 0.25) is 0 Å². The number of benzene rings is 6. The topological polar surface area (TPSA) is 41.9 Å². The van der Waals surface area contributed by atoms with Crippen LogP contribution in [0.25, 0.3) is 65.3 Å². The second-order valence-electron chi connectivity index (χ2n) is 14.4. The summed E-state index contributed by atoms with van der Waals surface area (Å²) < 4.78 is 0. The minimum Gasteiger partial charge on any atom is -0.310 e. The predicted molar refractivity (Wildman–Crippen MR) is 232 cm³/mol. The van der Waals surface area contributed by atoms with Crippen molar-refractivity contribution in [3.63, 3.8) is 0 Å². The number of rotatable bonds is 4. The van der Waals surface area contributed by atoms with Crippen LogP contribution >= 0.6 is 22.7 Å². The summed E-state index contributed by atoms with van der Waals surface area (Å²) >= 11 is 3.72. The SMILES string of the molecule is c1ccc(-c2cc(-c3cccc(N4c5cc6ccccc6cc5C5(c6cc7ccccc7cc64)c4ccsc4-c4sccc45)c3)nc(-c3ccccn3)n2)cc1. The Hall–Kier alpha value is -6.73. The van der Waals surface area contributed by atoms with E-state index in [2.05, 4.69) is 148 Å². The molecule has 12 rings (SSSR count). The molecule has 56 heavy (non-hydrogen) atoms. The molecule has 0 atom stereocenters. The lowest BCUT2D eigenvalue weighted by atomic mass is 9.64. The first-order chi connectivity index (χ1) is 27.7. The highest BCUT2D eigenvalue weighted by atomic mass is 32.1. The zero-order chi connectivity index (χ0) is 36.8. The smallest absolute Gasteiger partial charge is 0.179 e. The summed E-state index contributed by atoms with van der Waals surface area (Å²) in [5, 5.41) is 9.45. The average Bonchev–Trinajstić information content (AvgIpc) is 4.00. The quantitative estimate of drug-likeness (QED) is 0.180. The Balaban J connectivity index is 1.14. The van der Waals surface area contributed by atoms with E-state index in [0.717, 1.165) is 33.9 Å². The summed E-state index contributed by atoms with van der Waals surface area (Å²) in [4.78, 5) is 20.1. The molecule has 262 valence electrons. The summed E-state index contributed by atoms with van der Waals surface area (Å²) in [6, 6.07) is 59.2. The molecule has 0 saturated carbocycles. The number of anilines is 3. The fourth-order valence-electron chi connectivity index (χ4n) is 9.03. The van der Waals surface area contributed by atoms with E-state index in [1.807, 2.05) is 59.1 Å². The van der Waals surface area contributed by atoms with E-state index in [-0.39, 0.29) is 0 Å². The zero-order valence-corrected chi connectivity index (χ0v) is 31.6. The Kier molecular flexibility index (Phi) is 6.85. The van der Waals surface area contributed by atoms with Crippen LogP contribution in [0.4, 0.5) is 17.1 Å². The summed E-state index contributed by atoms with van der Waals surface area (Å²) in [6.07, 6.45) is 1.79.